The van der Waals surface area contributed by atoms with Crippen molar-refractivity contribution in [3.05, 3.63) is 59.7 Å². The number of carboxylic acids is 1. The first-order chi connectivity index (χ1) is 15.2. The normalized spacial score (nSPS) is 15.6. The summed E-state index contributed by atoms with van der Waals surface area (Å²) in [7, 11) is 1.68. The largest absolute Gasteiger partial charge is 0.475 e. The van der Waals surface area contributed by atoms with Gasteiger partial charge in [-0.3, -0.25) is 4.90 Å². The van der Waals surface area contributed by atoms with E-state index in [0.29, 0.717) is 38.0 Å². The van der Waals surface area contributed by atoms with Crippen LogP contribution in [-0.4, -0.2) is 60.6 Å². The standard InChI is InChI=1S/C24H30N2O5/c1-29-14-15-30-13-12-26-17-21(20-4-2-3-5-22(20)26)18-8-10-25(11-9-18)16-19-6-7-23(31-19)24(27)28/h2-7,17-18H,8-16H2,1H3,(H,27,28). The lowest BCUT2D eigenvalue weighted by atomic mass is 9.89. The maximum Gasteiger partial charge on any atom is 0.371 e. The van der Waals surface area contributed by atoms with Crippen molar-refractivity contribution in [2.45, 2.75) is 31.8 Å². The SMILES string of the molecule is COCCOCCn1cc(C2CCN(Cc3ccc(C(=O)O)o3)CC2)c2ccccc21. The van der Waals surface area contributed by atoms with E-state index in [0.717, 1.165) is 32.5 Å². The predicted molar refractivity (Wildman–Crippen MR) is 118 cm³/mol. The summed E-state index contributed by atoms with van der Waals surface area (Å²) in [6, 6.07) is 11.9. The molecule has 1 saturated heterocycles. The van der Waals surface area contributed by atoms with Crippen LogP contribution in [0.25, 0.3) is 10.9 Å². The number of piperidine rings is 1. The third-order valence-electron chi connectivity index (χ3n) is 6.01. The fraction of sp³-hybridized carbons (Fsp3) is 0.458. The van der Waals surface area contributed by atoms with E-state index in [-0.39, 0.29) is 5.76 Å². The number of aromatic carboxylic acids is 1. The molecule has 0 amide bonds. The first-order valence-corrected chi connectivity index (χ1v) is 10.8. The molecule has 1 aromatic carbocycles. The molecule has 0 radical (unpaired) electrons. The lowest BCUT2D eigenvalue weighted by molar-refractivity contribution is 0.0657. The van der Waals surface area contributed by atoms with E-state index in [1.807, 2.05) is 0 Å². The van der Waals surface area contributed by atoms with E-state index in [1.54, 1.807) is 13.2 Å². The van der Waals surface area contributed by atoms with Crippen LogP contribution in [0.3, 0.4) is 0 Å². The molecule has 1 aliphatic rings. The van der Waals surface area contributed by atoms with Crippen molar-refractivity contribution in [3.8, 4) is 0 Å². The van der Waals surface area contributed by atoms with Gasteiger partial charge in [0, 0.05) is 30.8 Å². The number of fused-ring (bicyclic) bond motifs is 1. The maximum atomic E-state index is 11.0. The van der Waals surface area contributed by atoms with Crippen LogP contribution < -0.4 is 0 Å². The molecule has 7 nitrogen and oxygen atoms in total. The molecule has 0 unspecified atom stereocenters. The lowest BCUT2D eigenvalue weighted by Gasteiger charge is -2.31. The lowest BCUT2D eigenvalue weighted by Crippen LogP contribution is -2.32. The number of benzene rings is 1. The van der Waals surface area contributed by atoms with E-state index in [4.69, 9.17) is 19.0 Å². The molecular formula is C24H30N2O5. The molecule has 1 N–H and O–H groups in total. The molecule has 0 saturated carbocycles. The quantitative estimate of drug-likeness (QED) is 0.494. The third-order valence-corrected chi connectivity index (χ3v) is 6.01. The summed E-state index contributed by atoms with van der Waals surface area (Å²) in [5.74, 6) is 0.207. The highest BCUT2D eigenvalue weighted by Crippen LogP contribution is 2.35. The molecule has 3 aromatic rings. The molecule has 31 heavy (non-hydrogen) atoms. The van der Waals surface area contributed by atoms with Gasteiger partial charge in [-0.1, -0.05) is 18.2 Å². The highest BCUT2D eigenvalue weighted by molar-refractivity contribution is 5.85. The van der Waals surface area contributed by atoms with Gasteiger partial charge in [0.05, 0.1) is 26.4 Å². The second kappa shape index (κ2) is 10.1. The smallest absolute Gasteiger partial charge is 0.371 e. The number of carboxylic acid groups (broad SMARTS) is 1. The Kier molecular flexibility index (Phi) is 7.06. The van der Waals surface area contributed by atoms with Gasteiger partial charge >= 0.3 is 5.97 Å². The summed E-state index contributed by atoms with van der Waals surface area (Å²) in [4.78, 5) is 13.3. The van der Waals surface area contributed by atoms with Crippen LogP contribution >= 0.6 is 0 Å². The zero-order valence-corrected chi connectivity index (χ0v) is 18.0. The highest BCUT2D eigenvalue weighted by atomic mass is 16.5. The number of hydrogen-bond donors (Lipinski definition) is 1. The Morgan fingerprint density at radius 1 is 1.13 bits per heavy atom. The summed E-state index contributed by atoms with van der Waals surface area (Å²) in [6.45, 7) is 5.31. The van der Waals surface area contributed by atoms with Crippen LogP contribution in [0.1, 0.15) is 40.6 Å². The van der Waals surface area contributed by atoms with Gasteiger partial charge in [0.25, 0.3) is 0 Å². The van der Waals surface area contributed by atoms with Gasteiger partial charge in [-0.2, -0.15) is 0 Å². The topological polar surface area (TPSA) is 77.1 Å². The minimum Gasteiger partial charge on any atom is -0.475 e. The van der Waals surface area contributed by atoms with Crippen molar-refractivity contribution in [2.75, 3.05) is 40.0 Å². The Balaban J connectivity index is 1.38. The fourth-order valence-corrected chi connectivity index (χ4v) is 4.39. The number of likely N-dealkylation sites (tertiary alicyclic amines) is 1. The number of rotatable bonds is 10. The van der Waals surface area contributed by atoms with Crippen molar-refractivity contribution >= 4 is 16.9 Å². The zero-order chi connectivity index (χ0) is 21.6. The number of para-hydroxylation sites is 1. The van der Waals surface area contributed by atoms with Crippen molar-refractivity contribution in [2.24, 2.45) is 0 Å². The molecule has 1 aliphatic heterocycles. The van der Waals surface area contributed by atoms with Crippen LogP contribution in [0.2, 0.25) is 0 Å². The summed E-state index contributed by atoms with van der Waals surface area (Å²) < 4.78 is 18.4. The van der Waals surface area contributed by atoms with Crippen molar-refractivity contribution in [1.82, 2.24) is 9.47 Å². The third kappa shape index (κ3) is 5.18. The Morgan fingerprint density at radius 2 is 1.94 bits per heavy atom. The highest BCUT2D eigenvalue weighted by Gasteiger charge is 2.24. The van der Waals surface area contributed by atoms with Crippen molar-refractivity contribution in [1.29, 1.82) is 0 Å². The molecule has 0 aliphatic carbocycles. The zero-order valence-electron chi connectivity index (χ0n) is 18.0. The summed E-state index contributed by atoms with van der Waals surface area (Å²) in [6.07, 6.45) is 4.45. The van der Waals surface area contributed by atoms with Crippen LogP contribution in [0.4, 0.5) is 0 Å². The van der Waals surface area contributed by atoms with Crippen LogP contribution in [0.15, 0.2) is 47.0 Å². The molecule has 0 bridgehead atoms. The number of methoxy groups -OCH3 is 1. The monoisotopic (exact) mass is 426 g/mol. The fourth-order valence-electron chi connectivity index (χ4n) is 4.39. The van der Waals surface area contributed by atoms with E-state index >= 15 is 0 Å². The number of nitrogens with zero attached hydrogens (tertiary/aromatic N) is 2. The van der Waals surface area contributed by atoms with Gasteiger partial charge in [-0.15, -0.1) is 0 Å². The molecule has 3 heterocycles. The molecular weight excluding hydrogens is 396 g/mol. The van der Waals surface area contributed by atoms with Crippen LogP contribution in [-0.2, 0) is 22.6 Å². The van der Waals surface area contributed by atoms with Gasteiger partial charge in [0.2, 0.25) is 5.76 Å². The number of aromatic nitrogens is 1. The summed E-state index contributed by atoms with van der Waals surface area (Å²) >= 11 is 0. The molecule has 2 aromatic heterocycles. The maximum absolute atomic E-state index is 11.0. The summed E-state index contributed by atoms with van der Waals surface area (Å²) in [5.41, 5.74) is 2.67. The van der Waals surface area contributed by atoms with Crippen LogP contribution in [0, 0.1) is 0 Å². The Hall–Kier alpha value is -2.61. The van der Waals surface area contributed by atoms with Gasteiger partial charge in [-0.25, -0.2) is 4.79 Å². The van der Waals surface area contributed by atoms with Crippen molar-refractivity contribution < 1.29 is 23.8 Å². The molecule has 4 rings (SSSR count). The average molecular weight is 427 g/mol. The molecule has 7 heteroatoms. The van der Waals surface area contributed by atoms with E-state index < -0.39 is 5.97 Å². The second-order valence-electron chi connectivity index (χ2n) is 8.02. The molecule has 166 valence electrons. The molecule has 0 atom stereocenters. The second-order valence-corrected chi connectivity index (χ2v) is 8.02. The number of ether oxygens (including phenoxy) is 2. The minimum absolute atomic E-state index is 0.00361. The minimum atomic E-state index is -1.02. The van der Waals surface area contributed by atoms with Crippen LogP contribution in [0.5, 0.6) is 0 Å². The summed E-state index contributed by atoms with van der Waals surface area (Å²) in [5, 5.41) is 10.4. The molecule has 1 fully saturated rings. The number of carbonyl (C=O) groups is 1. The van der Waals surface area contributed by atoms with E-state index in [2.05, 4.69) is 39.9 Å². The van der Waals surface area contributed by atoms with Gasteiger partial charge in [0.1, 0.15) is 5.76 Å². The Bertz CT molecular complexity index is 1000. The number of hydrogen-bond acceptors (Lipinski definition) is 5. The van der Waals surface area contributed by atoms with E-state index in [1.165, 1.54) is 22.5 Å². The van der Waals surface area contributed by atoms with Gasteiger partial charge in [0.15, 0.2) is 0 Å². The van der Waals surface area contributed by atoms with Gasteiger partial charge < -0.3 is 23.6 Å². The average Bonchev–Trinajstić information content (AvgIpc) is 3.40. The Labute approximate surface area is 182 Å². The first-order valence-electron chi connectivity index (χ1n) is 10.8. The molecule has 0 spiro atoms. The number of furan rings is 1. The van der Waals surface area contributed by atoms with Gasteiger partial charge in [-0.05, 0) is 55.6 Å². The van der Waals surface area contributed by atoms with Crippen molar-refractivity contribution in [3.63, 3.8) is 0 Å². The predicted octanol–water partition coefficient (Wildman–Crippen LogP) is 3.98. The Morgan fingerprint density at radius 3 is 2.68 bits per heavy atom. The first kappa shape index (κ1) is 21.6. The van der Waals surface area contributed by atoms with E-state index in [9.17, 15) is 4.79 Å².